The summed E-state index contributed by atoms with van der Waals surface area (Å²) in [7, 11) is 0. The second-order valence-corrected chi connectivity index (χ2v) is 5.93. The predicted molar refractivity (Wildman–Crippen MR) is 80.7 cm³/mol. The second kappa shape index (κ2) is 6.70. The van der Waals surface area contributed by atoms with E-state index in [2.05, 4.69) is 40.7 Å². The quantitative estimate of drug-likeness (QED) is 0.894. The van der Waals surface area contributed by atoms with Gasteiger partial charge in [-0.05, 0) is 25.1 Å². The van der Waals surface area contributed by atoms with Gasteiger partial charge in [0.2, 0.25) is 0 Å². The molecule has 0 radical (unpaired) electrons. The van der Waals surface area contributed by atoms with Crippen LogP contribution in [0.15, 0.2) is 28.7 Å². The SMILES string of the molecule is CCN(C(C)c1ccccc1Br)C1COCC1C(=O)O. The molecule has 20 heavy (non-hydrogen) atoms. The van der Waals surface area contributed by atoms with Gasteiger partial charge in [0, 0.05) is 16.6 Å². The molecule has 5 heteroatoms. The van der Waals surface area contributed by atoms with Crippen LogP contribution in [0, 0.1) is 5.92 Å². The molecule has 3 atom stereocenters. The van der Waals surface area contributed by atoms with Crippen LogP contribution < -0.4 is 0 Å². The van der Waals surface area contributed by atoms with Crippen molar-refractivity contribution >= 4 is 21.9 Å². The Kier molecular flexibility index (Phi) is 5.18. The predicted octanol–water partition coefficient (Wildman–Crippen LogP) is 2.93. The lowest BCUT2D eigenvalue weighted by molar-refractivity contribution is -0.143. The minimum absolute atomic E-state index is 0.0698. The summed E-state index contributed by atoms with van der Waals surface area (Å²) in [4.78, 5) is 13.6. The van der Waals surface area contributed by atoms with Gasteiger partial charge >= 0.3 is 5.97 Å². The molecule has 0 aliphatic carbocycles. The maximum atomic E-state index is 11.3. The number of hydrogen-bond donors (Lipinski definition) is 1. The Balaban J connectivity index is 2.24. The summed E-state index contributed by atoms with van der Waals surface area (Å²) in [5.41, 5.74) is 1.17. The van der Waals surface area contributed by atoms with E-state index in [0.717, 1.165) is 11.0 Å². The van der Waals surface area contributed by atoms with Crippen LogP contribution in [0.25, 0.3) is 0 Å². The number of ether oxygens (including phenoxy) is 1. The lowest BCUT2D eigenvalue weighted by Gasteiger charge is -2.35. The zero-order valence-electron chi connectivity index (χ0n) is 11.8. The third-order valence-corrected chi connectivity index (χ3v) is 4.73. The monoisotopic (exact) mass is 341 g/mol. The van der Waals surface area contributed by atoms with E-state index in [-0.39, 0.29) is 12.1 Å². The Morgan fingerprint density at radius 3 is 2.80 bits per heavy atom. The molecule has 0 saturated carbocycles. The number of likely N-dealkylation sites (N-methyl/N-ethyl adjacent to an activating group) is 1. The van der Waals surface area contributed by atoms with Gasteiger partial charge in [0.05, 0.1) is 19.1 Å². The molecule has 0 spiro atoms. The van der Waals surface area contributed by atoms with E-state index >= 15 is 0 Å². The number of carboxylic acids is 1. The molecule has 1 aliphatic heterocycles. The molecule has 1 aliphatic rings. The lowest BCUT2D eigenvalue weighted by Crippen LogP contribution is -2.44. The maximum Gasteiger partial charge on any atom is 0.310 e. The molecule has 110 valence electrons. The Morgan fingerprint density at radius 2 is 2.20 bits per heavy atom. The van der Waals surface area contributed by atoms with Gasteiger partial charge in [-0.2, -0.15) is 0 Å². The van der Waals surface area contributed by atoms with E-state index in [0.29, 0.717) is 13.2 Å². The highest BCUT2D eigenvalue weighted by molar-refractivity contribution is 9.10. The molecule has 1 fully saturated rings. The molecule has 1 saturated heterocycles. The summed E-state index contributed by atoms with van der Waals surface area (Å²) in [5, 5.41) is 9.32. The minimum atomic E-state index is -0.773. The molecule has 4 nitrogen and oxygen atoms in total. The molecule has 3 unspecified atom stereocenters. The highest BCUT2D eigenvalue weighted by atomic mass is 79.9. The fourth-order valence-corrected chi connectivity index (χ4v) is 3.51. The summed E-state index contributed by atoms with van der Waals surface area (Å²) >= 11 is 3.57. The molecule has 1 aromatic rings. The summed E-state index contributed by atoms with van der Waals surface area (Å²) in [5.74, 6) is -1.22. The van der Waals surface area contributed by atoms with Crippen LogP contribution in [0.4, 0.5) is 0 Å². The van der Waals surface area contributed by atoms with Crippen molar-refractivity contribution in [1.82, 2.24) is 4.90 Å². The highest BCUT2D eigenvalue weighted by Crippen LogP contribution is 2.32. The van der Waals surface area contributed by atoms with Crippen molar-refractivity contribution in [2.45, 2.75) is 25.9 Å². The van der Waals surface area contributed by atoms with Crippen molar-refractivity contribution in [2.24, 2.45) is 5.92 Å². The normalized spacial score (nSPS) is 24.0. The lowest BCUT2D eigenvalue weighted by atomic mass is 9.98. The van der Waals surface area contributed by atoms with Crippen LogP contribution in [0.3, 0.4) is 0 Å². The first kappa shape index (κ1) is 15.5. The first-order valence-electron chi connectivity index (χ1n) is 6.87. The maximum absolute atomic E-state index is 11.3. The number of carboxylic acid groups (broad SMARTS) is 1. The van der Waals surface area contributed by atoms with Gasteiger partial charge in [0.1, 0.15) is 0 Å². The fraction of sp³-hybridized carbons (Fsp3) is 0.533. The molecule has 1 heterocycles. The summed E-state index contributed by atoms with van der Waals surface area (Å²) in [6.45, 7) is 5.75. The number of benzene rings is 1. The number of aliphatic carboxylic acids is 1. The van der Waals surface area contributed by atoms with Gasteiger partial charge in [0.25, 0.3) is 0 Å². The van der Waals surface area contributed by atoms with Crippen LogP contribution in [0.1, 0.15) is 25.5 Å². The summed E-state index contributed by atoms with van der Waals surface area (Å²) in [6.07, 6.45) is 0. The molecule has 0 aromatic heterocycles. The fourth-order valence-electron chi connectivity index (χ4n) is 2.89. The smallest absolute Gasteiger partial charge is 0.310 e. The van der Waals surface area contributed by atoms with Crippen LogP contribution >= 0.6 is 15.9 Å². The molecule has 1 N–H and O–H groups in total. The largest absolute Gasteiger partial charge is 0.481 e. The van der Waals surface area contributed by atoms with Gasteiger partial charge in [-0.15, -0.1) is 0 Å². The zero-order chi connectivity index (χ0) is 14.7. The van der Waals surface area contributed by atoms with Crippen LogP contribution in [0.2, 0.25) is 0 Å². The van der Waals surface area contributed by atoms with Gasteiger partial charge in [-0.25, -0.2) is 0 Å². The average molecular weight is 342 g/mol. The molecule has 1 aromatic carbocycles. The molecular weight excluding hydrogens is 322 g/mol. The van der Waals surface area contributed by atoms with E-state index in [4.69, 9.17) is 4.74 Å². The Hall–Kier alpha value is -0.910. The minimum Gasteiger partial charge on any atom is -0.481 e. The standard InChI is InChI=1S/C15H20BrNO3/c1-3-17(14-9-20-8-12(14)15(18)19)10(2)11-6-4-5-7-13(11)16/h4-7,10,12,14H,3,8-9H2,1-2H3,(H,18,19). The van der Waals surface area contributed by atoms with Crippen molar-refractivity contribution in [3.63, 3.8) is 0 Å². The highest BCUT2D eigenvalue weighted by Gasteiger charge is 2.39. The van der Waals surface area contributed by atoms with Crippen molar-refractivity contribution < 1.29 is 14.6 Å². The number of nitrogens with zero attached hydrogens (tertiary/aromatic N) is 1. The van der Waals surface area contributed by atoms with E-state index in [9.17, 15) is 9.90 Å². The van der Waals surface area contributed by atoms with Crippen molar-refractivity contribution in [2.75, 3.05) is 19.8 Å². The third-order valence-electron chi connectivity index (χ3n) is 4.01. The Labute approximate surface area is 127 Å². The van der Waals surface area contributed by atoms with Gasteiger partial charge in [-0.3, -0.25) is 9.69 Å². The summed E-state index contributed by atoms with van der Waals surface area (Å²) in [6, 6.07) is 8.14. The Morgan fingerprint density at radius 1 is 1.50 bits per heavy atom. The van der Waals surface area contributed by atoms with Gasteiger partial charge in [-0.1, -0.05) is 41.1 Å². The van der Waals surface area contributed by atoms with E-state index in [1.807, 2.05) is 18.2 Å². The first-order chi connectivity index (χ1) is 9.56. The number of carbonyl (C=O) groups is 1. The molecule has 2 rings (SSSR count). The summed E-state index contributed by atoms with van der Waals surface area (Å²) < 4.78 is 6.45. The number of halogens is 1. The average Bonchev–Trinajstić information content (AvgIpc) is 2.89. The molecular formula is C15H20BrNO3. The topological polar surface area (TPSA) is 49.8 Å². The van der Waals surface area contributed by atoms with Crippen LogP contribution in [-0.2, 0) is 9.53 Å². The van der Waals surface area contributed by atoms with Gasteiger partial charge in [0.15, 0.2) is 0 Å². The number of hydrogen-bond acceptors (Lipinski definition) is 3. The van der Waals surface area contributed by atoms with Gasteiger partial charge < -0.3 is 9.84 Å². The van der Waals surface area contributed by atoms with E-state index in [1.54, 1.807) is 0 Å². The third kappa shape index (κ3) is 3.05. The number of rotatable bonds is 5. The van der Waals surface area contributed by atoms with E-state index < -0.39 is 11.9 Å². The van der Waals surface area contributed by atoms with E-state index in [1.165, 1.54) is 5.56 Å². The molecule has 0 amide bonds. The Bertz CT molecular complexity index is 480. The molecule has 0 bridgehead atoms. The van der Waals surface area contributed by atoms with Crippen molar-refractivity contribution in [3.05, 3.63) is 34.3 Å². The first-order valence-corrected chi connectivity index (χ1v) is 7.66. The van der Waals surface area contributed by atoms with Crippen molar-refractivity contribution in [3.8, 4) is 0 Å². The van der Waals surface area contributed by atoms with Crippen LogP contribution in [0.5, 0.6) is 0 Å². The van der Waals surface area contributed by atoms with Crippen LogP contribution in [-0.4, -0.2) is 41.8 Å². The van der Waals surface area contributed by atoms with Crippen molar-refractivity contribution in [1.29, 1.82) is 0 Å². The second-order valence-electron chi connectivity index (χ2n) is 5.08. The zero-order valence-corrected chi connectivity index (χ0v) is 13.3.